The van der Waals surface area contributed by atoms with Crippen LogP contribution in [0.4, 0.5) is 22.4 Å². The molecule has 1 aliphatic heterocycles. The molecule has 0 aliphatic carbocycles. The second-order valence-electron chi connectivity index (χ2n) is 3.88. The molecule has 7 heteroatoms. The van der Waals surface area contributed by atoms with Crippen LogP contribution in [0.5, 0.6) is 0 Å². The van der Waals surface area contributed by atoms with Crippen LogP contribution < -0.4 is 0 Å². The van der Waals surface area contributed by atoms with E-state index < -0.39 is 23.7 Å². The summed E-state index contributed by atoms with van der Waals surface area (Å²) in [7, 11) is 0. The van der Waals surface area contributed by atoms with E-state index in [4.69, 9.17) is 0 Å². The number of hydrogen-bond acceptors (Lipinski definition) is 2. The van der Waals surface area contributed by atoms with Gasteiger partial charge in [0.15, 0.2) is 0 Å². The molecular weight excluding hydrogens is 254 g/mol. The maximum atomic E-state index is 13.1. The van der Waals surface area contributed by atoms with Gasteiger partial charge in [-0.05, 0) is 23.8 Å². The van der Waals surface area contributed by atoms with Crippen LogP contribution in [0.2, 0.25) is 0 Å². The zero-order chi connectivity index (χ0) is 13.3. The molecule has 1 aliphatic rings. The maximum Gasteiger partial charge on any atom is 0.416 e. The highest BCUT2D eigenvalue weighted by molar-refractivity contribution is 5.69. The van der Waals surface area contributed by atoms with Gasteiger partial charge in [0.05, 0.1) is 12.1 Å². The SMILES string of the molecule is O=C1OCCN1Cc1cc(F)cc(C(F)(F)F)c1. The quantitative estimate of drug-likeness (QED) is 0.768. The van der Waals surface area contributed by atoms with Crippen molar-refractivity contribution in [2.24, 2.45) is 0 Å². The fourth-order valence-electron chi connectivity index (χ4n) is 1.70. The summed E-state index contributed by atoms with van der Waals surface area (Å²) in [6, 6.07) is 2.22. The van der Waals surface area contributed by atoms with E-state index in [1.165, 1.54) is 4.90 Å². The third-order valence-corrected chi connectivity index (χ3v) is 2.50. The Morgan fingerprint density at radius 2 is 2.00 bits per heavy atom. The van der Waals surface area contributed by atoms with E-state index in [-0.39, 0.29) is 25.3 Å². The molecule has 18 heavy (non-hydrogen) atoms. The Hall–Kier alpha value is -1.79. The minimum Gasteiger partial charge on any atom is -0.448 e. The Kier molecular flexibility index (Phi) is 3.14. The Balaban J connectivity index is 2.23. The highest BCUT2D eigenvalue weighted by Gasteiger charge is 2.32. The Labute approximate surface area is 99.9 Å². The van der Waals surface area contributed by atoms with Gasteiger partial charge in [-0.1, -0.05) is 0 Å². The van der Waals surface area contributed by atoms with Gasteiger partial charge in [0.1, 0.15) is 12.4 Å². The molecular formula is C11H9F4NO2. The largest absolute Gasteiger partial charge is 0.448 e. The third kappa shape index (κ3) is 2.72. The second kappa shape index (κ2) is 4.47. The van der Waals surface area contributed by atoms with E-state index in [0.29, 0.717) is 6.07 Å². The van der Waals surface area contributed by atoms with Gasteiger partial charge in [-0.2, -0.15) is 13.2 Å². The Bertz CT molecular complexity index is 473. The predicted octanol–water partition coefficient (Wildman–Crippen LogP) is 2.80. The summed E-state index contributed by atoms with van der Waals surface area (Å²) in [5, 5.41) is 0. The molecule has 0 aromatic heterocycles. The lowest BCUT2D eigenvalue weighted by atomic mass is 10.1. The number of hydrogen-bond donors (Lipinski definition) is 0. The topological polar surface area (TPSA) is 29.5 Å². The van der Waals surface area contributed by atoms with Crippen LogP contribution in [-0.2, 0) is 17.5 Å². The lowest BCUT2D eigenvalue weighted by molar-refractivity contribution is -0.137. The van der Waals surface area contributed by atoms with Crippen LogP contribution in [-0.4, -0.2) is 24.1 Å². The summed E-state index contributed by atoms with van der Waals surface area (Å²) in [4.78, 5) is 12.4. The van der Waals surface area contributed by atoms with E-state index in [9.17, 15) is 22.4 Å². The van der Waals surface area contributed by atoms with Gasteiger partial charge in [0.2, 0.25) is 0 Å². The number of carbonyl (C=O) groups is 1. The first-order valence-corrected chi connectivity index (χ1v) is 5.14. The second-order valence-corrected chi connectivity index (χ2v) is 3.88. The summed E-state index contributed by atoms with van der Waals surface area (Å²) in [5.74, 6) is -0.979. The monoisotopic (exact) mass is 263 g/mol. The average Bonchev–Trinajstić information content (AvgIpc) is 2.62. The summed E-state index contributed by atoms with van der Waals surface area (Å²) < 4.78 is 55.1. The maximum absolute atomic E-state index is 13.1. The molecule has 1 aromatic carbocycles. The molecule has 98 valence electrons. The van der Waals surface area contributed by atoms with Crippen molar-refractivity contribution in [1.29, 1.82) is 0 Å². The van der Waals surface area contributed by atoms with E-state index in [2.05, 4.69) is 4.74 Å². The highest BCUT2D eigenvalue weighted by Crippen LogP contribution is 2.30. The number of rotatable bonds is 2. The van der Waals surface area contributed by atoms with Crippen molar-refractivity contribution in [2.45, 2.75) is 12.7 Å². The van der Waals surface area contributed by atoms with Gasteiger partial charge >= 0.3 is 12.3 Å². The molecule has 0 spiro atoms. The Morgan fingerprint density at radius 1 is 1.28 bits per heavy atom. The molecule has 1 aromatic rings. The zero-order valence-electron chi connectivity index (χ0n) is 9.13. The van der Waals surface area contributed by atoms with Crippen molar-refractivity contribution in [1.82, 2.24) is 4.90 Å². The molecule has 0 N–H and O–H groups in total. The van der Waals surface area contributed by atoms with Crippen molar-refractivity contribution in [3.8, 4) is 0 Å². The molecule has 3 nitrogen and oxygen atoms in total. The van der Waals surface area contributed by atoms with Crippen LogP contribution in [0.1, 0.15) is 11.1 Å². The first kappa shape index (κ1) is 12.7. The van der Waals surface area contributed by atoms with E-state index in [0.717, 1.165) is 12.1 Å². The van der Waals surface area contributed by atoms with Crippen LogP contribution in [0.3, 0.4) is 0 Å². The predicted molar refractivity (Wildman–Crippen MR) is 53.2 cm³/mol. The van der Waals surface area contributed by atoms with Crippen molar-refractivity contribution in [3.05, 3.63) is 35.1 Å². The van der Waals surface area contributed by atoms with Gasteiger partial charge in [0.25, 0.3) is 0 Å². The van der Waals surface area contributed by atoms with Crippen molar-refractivity contribution in [2.75, 3.05) is 13.2 Å². The molecule has 0 radical (unpaired) electrons. The van der Waals surface area contributed by atoms with Gasteiger partial charge in [-0.25, -0.2) is 9.18 Å². The highest BCUT2D eigenvalue weighted by atomic mass is 19.4. The third-order valence-electron chi connectivity index (χ3n) is 2.50. The van der Waals surface area contributed by atoms with Crippen LogP contribution in [0.25, 0.3) is 0 Å². The normalized spacial score (nSPS) is 16.0. The number of nitrogens with zero attached hydrogens (tertiary/aromatic N) is 1. The number of amides is 1. The standard InChI is InChI=1S/C11H9F4NO2/c12-9-4-7(3-8(5-9)11(13,14)15)6-16-1-2-18-10(16)17/h3-5H,1-2,6H2. The van der Waals surface area contributed by atoms with Crippen LogP contribution in [0, 0.1) is 5.82 Å². The molecule has 2 rings (SSSR count). The van der Waals surface area contributed by atoms with E-state index in [1.807, 2.05) is 0 Å². The fourth-order valence-corrected chi connectivity index (χ4v) is 1.70. The molecule has 0 saturated carbocycles. The van der Waals surface area contributed by atoms with E-state index in [1.54, 1.807) is 0 Å². The zero-order valence-corrected chi connectivity index (χ0v) is 9.13. The van der Waals surface area contributed by atoms with Gasteiger partial charge in [0, 0.05) is 6.54 Å². The van der Waals surface area contributed by atoms with Crippen molar-refractivity contribution < 1.29 is 27.1 Å². The van der Waals surface area contributed by atoms with Gasteiger partial charge in [-0.3, -0.25) is 0 Å². The molecule has 1 heterocycles. The van der Waals surface area contributed by atoms with Gasteiger partial charge in [-0.15, -0.1) is 0 Å². The lowest BCUT2D eigenvalue weighted by Crippen LogP contribution is -2.23. The first-order valence-electron chi connectivity index (χ1n) is 5.14. The smallest absolute Gasteiger partial charge is 0.416 e. The minimum atomic E-state index is -4.61. The number of carbonyl (C=O) groups excluding carboxylic acids is 1. The van der Waals surface area contributed by atoms with Crippen LogP contribution in [0.15, 0.2) is 18.2 Å². The number of ether oxygens (including phenoxy) is 1. The minimum absolute atomic E-state index is 0.0844. The van der Waals surface area contributed by atoms with Crippen molar-refractivity contribution >= 4 is 6.09 Å². The summed E-state index contributed by atoms with van der Waals surface area (Å²) in [6.45, 7) is 0.386. The van der Waals surface area contributed by atoms with Crippen molar-refractivity contribution in [3.63, 3.8) is 0 Å². The first-order chi connectivity index (χ1) is 8.36. The molecule has 0 atom stereocenters. The summed E-state index contributed by atoms with van der Waals surface area (Å²) >= 11 is 0. The Morgan fingerprint density at radius 3 is 2.56 bits per heavy atom. The van der Waals surface area contributed by atoms with E-state index >= 15 is 0 Å². The molecule has 0 unspecified atom stereocenters. The number of halogens is 4. The number of cyclic esters (lactones) is 1. The fraction of sp³-hybridized carbons (Fsp3) is 0.364. The molecule has 1 saturated heterocycles. The van der Waals surface area contributed by atoms with Gasteiger partial charge < -0.3 is 9.64 Å². The summed E-state index contributed by atoms with van der Waals surface area (Å²) in [6.07, 6.45) is -5.21. The summed E-state index contributed by atoms with van der Waals surface area (Å²) in [5.41, 5.74) is -0.980. The molecule has 1 amide bonds. The van der Waals surface area contributed by atoms with Crippen LogP contribution >= 0.6 is 0 Å². The average molecular weight is 263 g/mol. The molecule has 0 bridgehead atoms. The number of benzene rings is 1. The molecule has 1 fully saturated rings. The lowest BCUT2D eigenvalue weighted by Gasteiger charge is -2.14. The number of alkyl halides is 3.